The normalized spacial score (nSPS) is 25.0. The summed E-state index contributed by atoms with van der Waals surface area (Å²) < 4.78 is 14.0. The second-order valence-corrected chi connectivity index (χ2v) is 5.65. The van der Waals surface area contributed by atoms with E-state index in [1.165, 1.54) is 12.8 Å². The van der Waals surface area contributed by atoms with Gasteiger partial charge in [-0.1, -0.05) is 6.07 Å². The minimum Gasteiger partial charge on any atom is -0.368 e. The van der Waals surface area contributed by atoms with Gasteiger partial charge >= 0.3 is 0 Å². The Morgan fingerprint density at radius 1 is 1.33 bits per heavy atom. The Morgan fingerprint density at radius 2 is 2.17 bits per heavy atom. The van der Waals surface area contributed by atoms with Crippen LogP contribution in [-0.2, 0) is 0 Å². The van der Waals surface area contributed by atoms with E-state index in [2.05, 4.69) is 10.2 Å². The van der Waals surface area contributed by atoms with E-state index in [-0.39, 0.29) is 5.82 Å². The van der Waals surface area contributed by atoms with Crippen molar-refractivity contribution in [3.63, 3.8) is 0 Å². The van der Waals surface area contributed by atoms with Crippen LogP contribution in [-0.4, -0.2) is 25.7 Å². The molecule has 1 aliphatic carbocycles. The molecule has 0 spiro atoms. The van der Waals surface area contributed by atoms with E-state index in [0.29, 0.717) is 6.04 Å². The average molecular weight is 248 g/mol. The van der Waals surface area contributed by atoms with Crippen molar-refractivity contribution in [2.24, 2.45) is 5.92 Å². The van der Waals surface area contributed by atoms with Gasteiger partial charge < -0.3 is 10.2 Å². The second kappa shape index (κ2) is 4.88. The van der Waals surface area contributed by atoms with Crippen LogP contribution in [0.2, 0.25) is 0 Å². The van der Waals surface area contributed by atoms with Crippen molar-refractivity contribution in [1.82, 2.24) is 5.32 Å². The standard InChI is InChI=1S/C15H21FN2/c1-11-3-6-13(16)15(9-11)18-8-2-7-17-14(10-18)12-4-5-12/h3,6,9,12,14,17H,2,4-5,7-8,10H2,1H3. The molecule has 1 aromatic rings. The lowest BCUT2D eigenvalue weighted by molar-refractivity contribution is 0.488. The van der Waals surface area contributed by atoms with Crippen LogP contribution >= 0.6 is 0 Å². The van der Waals surface area contributed by atoms with Crippen molar-refractivity contribution in [3.8, 4) is 0 Å². The molecular weight excluding hydrogens is 227 g/mol. The number of benzene rings is 1. The van der Waals surface area contributed by atoms with Gasteiger partial charge in [0.1, 0.15) is 5.82 Å². The molecule has 1 aliphatic heterocycles. The van der Waals surface area contributed by atoms with Crippen LogP contribution in [0.15, 0.2) is 18.2 Å². The molecule has 98 valence electrons. The maximum Gasteiger partial charge on any atom is 0.146 e. The van der Waals surface area contributed by atoms with E-state index in [0.717, 1.165) is 43.2 Å². The van der Waals surface area contributed by atoms with E-state index in [1.54, 1.807) is 6.07 Å². The number of halogens is 1. The fourth-order valence-corrected chi connectivity index (χ4v) is 2.85. The Balaban J connectivity index is 1.82. The van der Waals surface area contributed by atoms with Gasteiger partial charge in [-0.25, -0.2) is 4.39 Å². The average Bonchev–Trinajstić information content (AvgIpc) is 3.16. The number of nitrogens with zero attached hydrogens (tertiary/aromatic N) is 1. The summed E-state index contributed by atoms with van der Waals surface area (Å²) in [7, 11) is 0. The topological polar surface area (TPSA) is 15.3 Å². The molecule has 1 atom stereocenters. The van der Waals surface area contributed by atoms with Gasteiger partial charge in [-0.05, 0) is 56.3 Å². The first-order valence-electron chi connectivity index (χ1n) is 6.98. The fourth-order valence-electron chi connectivity index (χ4n) is 2.85. The van der Waals surface area contributed by atoms with Gasteiger partial charge in [-0.15, -0.1) is 0 Å². The highest BCUT2D eigenvalue weighted by Crippen LogP contribution is 2.34. The summed E-state index contributed by atoms with van der Waals surface area (Å²) in [5, 5.41) is 3.61. The Bertz CT molecular complexity index is 429. The van der Waals surface area contributed by atoms with Crippen LogP contribution in [0.3, 0.4) is 0 Å². The van der Waals surface area contributed by atoms with Gasteiger partial charge in [0.15, 0.2) is 0 Å². The van der Waals surface area contributed by atoms with Gasteiger partial charge in [-0.3, -0.25) is 0 Å². The van der Waals surface area contributed by atoms with Crippen molar-refractivity contribution in [2.45, 2.75) is 32.2 Å². The van der Waals surface area contributed by atoms with Gasteiger partial charge in [0, 0.05) is 19.1 Å². The van der Waals surface area contributed by atoms with Crippen LogP contribution < -0.4 is 10.2 Å². The zero-order valence-electron chi connectivity index (χ0n) is 11.0. The minimum atomic E-state index is -0.0861. The molecule has 1 saturated heterocycles. The summed E-state index contributed by atoms with van der Waals surface area (Å²) >= 11 is 0. The lowest BCUT2D eigenvalue weighted by atomic mass is 10.1. The summed E-state index contributed by atoms with van der Waals surface area (Å²) in [4.78, 5) is 2.23. The highest BCUT2D eigenvalue weighted by atomic mass is 19.1. The van der Waals surface area contributed by atoms with E-state index in [9.17, 15) is 4.39 Å². The molecule has 2 nitrogen and oxygen atoms in total. The van der Waals surface area contributed by atoms with Crippen LogP contribution in [0, 0.1) is 18.7 Å². The van der Waals surface area contributed by atoms with E-state index in [4.69, 9.17) is 0 Å². The molecule has 3 heteroatoms. The maximum absolute atomic E-state index is 14.0. The molecule has 18 heavy (non-hydrogen) atoms. The summed E-state index contributed by atoms with van der Waals surface area (Å²) in [5.74, 6) is 0.732. The van der Waals surface area contributed by atoms with E-state index in [1.807, 2.05) is 19.1 Å². The summed E-state index contributed by atoms with van der Waals surface area (Å²) in [6.07, 6.45) is 3.76. The molecule has 1 saturated carbocycles. The zero-order chi connectivity index (χ0) is 12.5. The van der Waals surface area contributed by atoms with Crippen molar-refractivity contribution < 1.29 is 4.39 Å². The number of rotatable bonds is 2. The molecule has 0 amide bonds. The Hall–Kier alpha value is -1.09. The molecule has 0 aromatic heterocycles. The Labute approximate surface area is 108 Å². The van der Waals surface area contributed by atoms with E-state index < -0.39 is 0 Å². The monoisotopic (exact) mass is 248 g/mol. The molecular formula is C15H21FN2. The van der Waals surface area contributed by atoms with Crippen LogP contribution in [0.1, 0.15) is 24.8 Å². The van der Waals surface area contributed by atoms with Crippen LogP contribution in [0.25, 0.3) is 0 Å². The first-order valence-corrected chi connectivity index (χ1v) is 6.98. The van der Waals surface area contributed by atoms with Crippen molar-refractivity contribution >= 4 is 5.69 Å². The number of hydrogen-bond acceptors (Lipinski definition) is 2. The summed E-state index contributed by atoms with van der Waals surface area (Å²) in [5.41, 5.74) is 1.91. The first-order chi connectivity index (χ1) is 8.74. The van der Waals surface area contributed by atoms with Crippen LogP contribution in [0.4, 0.5) is 10.1 Å². The number of aryl methyl sites for hydroxylation is 1. The smallest absolute Gasteiger partial charge is 0.146 e. The molecule has 1 unspecified atom stereocenters. The second-order valence-electron chi connectivity index (χ2n) is 5.65. The SMILES string of the molecule is Cc1ccc(F)c(N2CCCNC(C3CC3)C2)c1. The third kappa shape index (κ3) is 2.51. The predicted octanol–water partition coefficient (Wildman–Crippen LogP) is 2.71. The third-order valence-electron chi connectivity index (χ3n) is 4.06. The first kappa shape index (κ1) is 12.0. The number of anilines is 1. The minimum absolute atomic E-state index is 0.0861. The largest absolute Gasteiger partial charge is 0.368 e. The quantitative estimate of drug-likeness (QED) is 0.865. The molecule has 0 radical (unpaired) electrons. The predicted molar refractivity (Wildman–Crippen MR) is 72.5 cm³/mol. The third-order valence-corrected chi connectivity index (χ3v) is 4.06. The molecule has 1 aromatic carbocycles. The van der Waals surface area contributed by atoms with Crippen molar-refractivity contribution in [1.29, 1.82) is 0 Å². The molecule has 0 bridgehead atoms. The lowest BCUT2D eigenvalue weighted by Crippen LogP contribution is -2.39. The molecule has 2 aliphatic rings. The highest BCUT2D eigenvalue weighted by Gasteiger charge is 2.33. The summed E-state index contributed by atoms with van der Waals surface area (Å²) in [6.45, 7) is 4.99. The zero-order valence-corrected chi connectivity index (χ0v) is 11.0. The van der Waals surface area contributed by atoms with Crippen molar-refractivity contribution in [3.05, 3.63) is 29.6 Å². The molecule has 1 N–H and O–H groups in total. The van der Waals surface area contributed by atoms with Gasteiger partial charge in [-0.2, -0.15) is 0 Å². The Morgan fingerprint density at radius 3 is 2.94 bits per heavy atom. The lowest BCUT2D eigenvalue weighted by Gasteiger charge is -2.27. The van der Waals surface area contributed by atoms with Crippen molar-refractivity contribution in [2.75, 3.05) is 24.5 Å². The fraction of sp³-hybridized carbons (Fsp3) is 0.600. The van der Waals surface area contributed by atoms with Gasteiger partial charge in [0.25, 0.3) is 0 Å². The highest BCUT2D eigenvalue weighted by molar-refractivity contribution is 5.50. The number of nitrogens with one attached hydrogen (secondary N) is 1. The van der Waals surface area contributed by atoms with Gasteiger partial charge in [0.2, 0.25) is 0 Å². The molecule has 1 heterocycles. The van der Waals surface area contributed by atoms with E-state index >= 15 is 0 Å². The Kier molecular flexibility index (Phi) is 3.25. The summed E-state index contributed by atoms with van der Waals surface area (Å²) in [6, 6.07) is 5.96. The molecule has 2 fully saturated rings. The maximum atomic E-state index is 14.0. The van der Waals surface area contributed by atoms with Crippen LogP contribution in [0.5, 0.6) is 0 Å². The molecule has 3 rings (SSSR count). The van der Waals surface area contributed by atoms with Gasteiger partial charge in [0.05, 0.1) is 5.69 Å². The number of hydrogen-bond donors (Lipinski definition) is 1.